The van der Waals surface area contributed by atoms with Crippen molar-refractivity contribution in [2.24, 2.45) is 0 Å². The van der Waals surface area contributed by atoms with Crippen molar-refractivity contribution in [2.75, 3.05) is 54.9 Å². The molecule has 0 spiro atoms. The number of anilines is 2. The molecule has 0 bridgehead atoms. The molecular weight excluding hydrogens is 522 g/mol. The van der Waals surface area contributed by atoms with Gasteiger partial charge >= 0.3 is 0 Å². The second-order valence-corrected chi connectivity index (χ2v) is 11.4. The molecule has 1 fully saturated rings. The Morgan fingerprint density at radius 1 is 1.00 bits per heavy atom. The Hall–Kier alpha value is -3.21. The zero-order valence-electron chi connectivity index (χ0n) is 21.6. The summed E-state index contributed by atoms with van der Waals surface area (Å²) in [5.41, 5.74) is 2.43. The number of carbonyl (C=O) groups excluding carboxylic acids is 1. The van der Waals surface area contributed by atoms with Gasteiger partial charge in [0.15, 0.2) is 0 Å². The maximum Gasteiger partial charge on any atom is 0.264 e. The molecule has 1 N–H and O–H groups in total. The average molecular weight is 556 g/mol. The number of hydrogen-bond donors (Lipinski definition) is 1. The largest absolute Gasteiger partial charge is 0.494 e. The van der Waals surface area contributed by atoms with Gasteiger partial charge < -0.3 is 19.7 Å². The zero-order valence-corrected chi connectivity index (χ0v) is 23.3. The molecule has 1 amide bonds. The van der Waals surface area contributed by atoms with E-state index in [4.69, 9.17) is 9.47 Å². The number of thioether (sulfide) groups is 1. The Kier molecular flexibility index (Phi) is 9.54. The third-order valence-electron chi connectivity index (χ3n) is 6.17. The number of hydrogen-bond acceptors (Lipinski definition) is 7. The summed E-state index contributed by atoms with van der Waals surface area (Å²) in [5.74, 6) is 0.225. The highest BCUT2D eigenvalue weighted by atomic mass is 32.2. The SMILES string of the molecule is CCOc1ccc(N(CC(=O)NCc2ccc(N3CCOCC3)cc2)S(=O)(=O)c2ccc(SC)cc2)cc1. The fraction of sp³-hybridized carbons (Fsp3) is 0.321. The van der Waals surface area contributed by atoms with Gasteiger partial charge in [0, 0.05) is 30.2 Å². The van der Waals surface area contributed by atoms with E-state index in [1.165, 1.54) is 11.8 Å². The third kappa shape index (κ3) is 7.00. The fourth-order valence-corrected chi connectivity index (χ4v) is 5.93. The zero-order chi connectivity index (χ0) is 27.0. The Morgan fingerprint density at radius 2 is 1.66 bits per heavy atom. The lowest BCUT2D eigenvalue weighted by atomic mass is 10.2. The van der Waals surface area contributed by atoms with Gasteiger partial charge in [0.1, 0.15) is 12.3 Å². The molecule has 202 valence electrons. The highest BCUT2D eigenvalue weighted by Crippen LogP contribution is 2.27. The monoisotopic (exact) mass is 555 g/mol. The van der Waals surface area contributed by atoms with Gasteiger partial charge in [-0.1, -0.05) is 12.1 Å². The van der Waals surface area contributed by atoms with E-state index in [1.54, 1.807) is 48.5 Å². The van der Waals surface area contributed by atoms with E-state index in [-0.39, 0.29) is 11.4 Å². The van der Waals surface area contributed by atoms with E-state index >= 15 is 0 Å². The van der Waals surface area contributed by atoms with Crippen LogP contribution in [-0.2, 0) is 26.1 Å². The average Bonchev–Trinajstić information content (AvgIpc) is 2.96. The lowest BCUT2D eigenvalue weighted by Crippen LogP contribution is -2.40. The molecule has 3 aromatic carbocycles. The van der Waals surface area contributed by atoms with Crippen LogP contribution >= 0.6 is 11.8 Å². The standard InChI is InChI=1S/C28H33N3O5S2/c1-3-36-25-10-8-24(9-11-25)31(38(33,34)27-14-12-26(37-2)13-15-27)21-28(32)29-20-22-4-6-23(7-5-22)30-16-18-35-19-17-30/h4-15H,3,16-21H2,1-2H3,(H,29,32). The summed E-state index contributed by atoms with van der Waals surface area (Å²) in [6.07, 6.45) is 1.93. The number of amides is 1. The number of carbonyl (C=O) groups is 1. The summed E-state index contributed by atoms with van der Waals surface area (Å²) < 4.78 is 39.3. The first-order valence-corrected chi connectivity index (χ1v) is 15.1. The summed E-state index contributed by atoms with van der Waals surface area (Å²) in [6.45, 7) is 5.45. The third-order valence-corrected chi connectivity index (χ3v) is 8.70. The van der Waals surface area contributed by atoms with Gasteiger partial charge in [0.2, 0.25) is 5.91 Å². The first kappa shape index (κ1) is 27.8. The second-order valence-electron chi connectivity index (χ2n) is 8.66. The van der Waals surface area contributed by atoms with Crippen molar-refractivity contribution in [3.63, 3.8) is 0 Å². The number of morpholine rings is 1. The van der Waals surface area contributed by atoms with E-state index < -0.39 is 15.9 Å². The van der Waals surface area contributed by atoms with Crippen molar-refractivity contribution >= 4 is 39.1 Å². The second kappa shape index (κ2) is 13.0. The maximum absolute atomic E-state index is 13.6. The molecule has 38 heavy (non-hydrogen) atoms. The summed E-state index contributed by atoms with van der Waals surface area (Å²) in [4.78, 5) is 16.3. The van der Waals surface area contributed by atoms with Crippen LogP contribution in [0.2, 0.25) is 0 Å². The number of sulfonamides is 1. The molecular formula is C28H33N3O5S2. The predicted octanol–water partition coefficient (Wildman–Crippen LogP) is 4.16. The van der Waals surface area contributed by atoms with Crippen molar-refractivity contribution < 1.29 is 22.7 Å². The van der Waals surface area contributed by atoms with Crippen molar-refractivity contribution in [1.29, 1.82) is 0 Å². The van der Waals surface area contributed by atoms with Crippen LogP contribution in [0.25, 0.3) is 0 Å². The van der Waals surface area contributed by atoms with Crippen LogP contribution in [0.5, 0.6) is 5.75 Å². The van der Waals surface area contributed by atoms with Crippen LogP contribution in [-0.4, -0.2) is 60.0 Å². The summed E-state index contributed by atoms with van der Waals surface area (Å²) in [7, 11) is -3.99. The van der Waals surface area contributed by atoms with Crippen LogP contribution in [0.1, 0.15) is 12.5 Å². The van der Waals surface area contributed by atoms with Gasteiger partial charge in [0.05, 0.1) is 30.4 Å². The van der Waals surface area contributed by atoms with Gasteiger partial charge in [-0.15, -0.1) is 11.8 Å². The molecule has 10 heteroatoms. The normalized spacial score (nSPS) is 13.7. The number of ether oxygens (including phenoxy) is 2. The lowest BCUT2D eigenvalue weighted by molar-refractivity contribution is -0.119. The molecule has 0 unspecified atom stereocenters. The molecule has 0 aromatic heterocycles. The van der Waals surface area contributed by atoms with Crippen molar-refractivity contribution in [3.8, 4) is 5.75 Å². The number of nitrogens with zero attached hydrogens (tertiary/aromatic N) is 2. The Balaban J connectivity index is 1.48. The summed E-state index contributed by atoms with van der Waals surface area (Å²) >= 11 is 1.53. The molecule has 1 saturated heterocycles. The van der Waals surface area contributed by atoms with Crippen LogP contribution in [0.3, 0.4) is 0 Å². The Morgan fingerprint density at radius 3 is 2.26 bits per heavy atom. The first-order valence-electron chi connectivity index (χ1n) is 12.5. The van der Waals surface area contributed by atoms with Crippen LogP contribution in [0, 0.1) is 0 Å². The summed E-state index contributed by atoms with van der Waals surface area (Å²) in [5, 5.41) is 2.87. The number of nitrogens with one attached hydrogen (secondary N) is 1. The predicted molar refractivity (Wildman–Crippen MR) is 152 cm³/mol. The molecule has 1 aliphatic heterocycles. The van der Waals surface area contributed by atoms with Crippen LogP contribution in [0.4, 0.5) is 11.4 Å². The quantitative estimate of drug-likeness (QED) is 0.356. The minimum absolute atomic E-state index is 0.121. The molecule has 0 aliphatic carbocycles. The van der Waals surface area contributed by atoms with E-state index in [0.717, 1.165) is 33.5 Å². The highest BCUT2D eigenvalue weighted by Gasteiger charge is 2.27. The fourth-order valence-electron chi connectivity index (χ4n) is 4.10. The molecule has 8 nitrogen and oxygen atoms in total. The minimum atomic E-state index is -3.99. The smallest absolute Gasteiger partial charge is 0.264 e. The van der Waals surface area contributed by atoms with E-state index in [0.29, 0.717) is 37.8 Å². The molecule has 0 radical (unpaired) electrons. The van der Waals surface area contributed by atoms with Gasteiger partial charge in [-0.05, 0) is 79.4 Å². The van der Waals surface area contributed by atoms with Crippen molar-refractivity contribution in [2.45, 2.75) is 23.3 Å². The lowest BCUT2D eigenvalue weighted by Gasteiger charge is -2.29. The van der Waals surface area contributed by atoms with E-state index in [2.05, 4.69) is 10.2 Å². The maximum atomic E-state index is 13.6. The van der Waals surface area contributed by atoms with Gasteiger partial charge in [-0.2, -0.15) is 0 Å². The first-order chi connectivity index (χ1) is 18.4. The van der Waals surface area contributed by atoms with E-state index in [1.807, 2.05) is 37.4 Å². The van der Waals surface area contributed by atoms with Crippen LogP contribution in [0.15, 0.2) is 82.6 Å². The van der Waals surface area contributed by atoms with Gasteiger partial charge in [-0.3, -0.25) is 9.10 Å². The summed E-state index contributed by atoms with van der Waals surface area (Å²) in [6, 6.07) is 21.4. The molecule has 4 rings (SSSR count). The molecule has 3 aromatic rings. The number of rotatable bonds is 11. The van der Waals surface area contributed by atoms with Crippen molar-refractivity contribution in [1.82, 2.24) is 5.32 Å². The number of benzene rings is 3. The van der Waals surface area contributed by atoms with Crippen LogP contribution < -0.4 is 19.3 Å². The Labute approximate surface area is 229 Å². The van der Waals surface area contributed by atoms with Crippen molar-refractivity contribution in [3.05, 3.63) is 78.4 Å². The van der Waals surface area contributed by atoms with Gasteiger partial charge in [0.25, 0.3) is 10.0 Å². The minimum Gasteiger partial charge on any atom is -0.494 e. The Bertz CT molecular complexity index is 1290. The topological polar surface area (TPSA) is 88.2 Å². The molecule has 1 heterocycles. The van der Waals surface area contributed by atoms with Gasteiger partial charge in [-0.25, -0.2) is 8.42 Å². The van der Waals surface area contributed by atoms with E-state index in [9.17, 15) is 13.2 Å². The highest BCUT2D eigenvalue weighted by molar-refractivity contribution is 7.98. The molecule has 0 atom stereocenters. The molecule has 0 saturated carbocycles. The molecule has 1 aliphatic rings.